The van der Waals surface area contributed by atoms with E-state index in [-0.39, 0.29) is 12.5 Å². The number of hydrogen-bond donors (Lipinski definition) is 3. The lowest BCUT2D eigenvalue weighted by atomic mass is 10.1. The van der Waals surface area contributed by atoms with Gasteiger partial charge in [-0.15, -0.1) is 6.58 Å². The fraction of sp³-hybridized carbons (Fsp3) is 0.636. The van der Waals surface area contributed by atoms with E-state index in [2.05, 4.69) is 11.9 Å². The highest BCUT2D eigenvalue weighted by Gasteiger charge is 2.17. The second-order valence-corrected chi connectivity index (χ2v) is 3.68. The van der Waals surface area contributed by atoms with Gasteiger partial charge >= 0.3 is 5.97 Å². The molecule has 16 heavy (non-hydrogen) atoms. The van der Waals surface area contributed by atoms with Crippen LogP contribution in [0.1, 0.15) is 32.6 Å². The molecule has 0 aromatic carbocycles. The van der Waals surface area contributed by atoms with Crippen molar-refractivity contribution in [2.24, 2.45) is 5.73 Å². The number of carboxylic acid groups (broad SMARTS) is 1. The van der Waals surface area contributed by atoms with Crippen molar-refractivity contribution in [3.05, 3.63) is 12.7 Å². The maximum atomic E-state index is 11.0. The summed E-state index contributed by atoms with van der Waals surface area (Å²) >= 11 is 0. The molecule has 4 N–H and O–H groups in total. The third-order valence-electron chi connectivity index (χ3n) is 2.35. The summed E-state index contributed by atoms with van der Waals surface area (Å²) in [5.41, 5.74) is 5.20. The number of carbonyl (C=O) groups excluding carboxylic acids is 1. The molecule has 1 unspecified atom stereocenters. The smallest absolute Gasteiger partial charge is 0.303 e. The minimum absolute atomic E-state index is 0.0638. The molecule has 92 valence electrons. The number of carbonyl (C=O) groups is 2. The van der Waals surface area contributed by atoms with Crippen LogP contribution in [0.2, 0.25) is 0 Å². The van der Waals surface area contributed by atoms with Crippen molar-refractivity contribution in [1.29, 1.82) is 0 Å². The van der Waals surface area contributed by atoms with Crippen LogP contribution in [0.15, 0.2) is 12.7 Å². The zero-order chi connectivity index (χ0) is 12.6. The van der Waals surface area contributed by atoms with Gasteiger partial charge in [0.15, 0.2) is 0 Å². The fourth-order valence-electron chi connectivity index (χ4n) is 1.45. The third kappa shape index (κ3) is 6.19. The Balaban J connectivity index is 4.23. The van der Waals surface area contributed by atoms with E-state index < -0.39 is 17.9 Å². The minimum atomic E-state index is -0.844. The molecule has 5 nitrogen and oxygen atoms in total. The molecule has 0 rings (SSSR count). The van der Waals surface area contributed by atoms with Gasteiger partial charge in [0, 0.05) is 12.5 Å². The van der Waals surface area contributed by atoms with Crippen molar-refractivity contribution >= 4 is 11.9 Å². The molecule has 0 aromatic heterocycles. The predicted molar refractivity (Wildman–Crippen MR) is 61.9 cm³/mol. The SMILES string of the molecule is C=CC[C@@H](CCC(=O)O)NC(CC)C(N)=O. The van der Waals surface area contributed by atoms with Gasteiger partial charge in [0.2, 0.25) is 5.91 Å². The molecular weight excluding hydrogens is 208 g/mol. The van der Waals surface area contributed by atoms with E-state index in [1.807, 2.05) is 6.92 Å². The standard InChI is InChI=1S/C11H20N2O3/c1-3-5-8(6-7-10(14)15)13-9(4-2)11(12)16/h3,8-9,13H,1,4-7H2,2H3,(H2,12,16)(H,14,15)/t8-,9?/m0/s1. The maximum absolute atomic E-state index is 11.0. The van der Waals surface area contributed by atoms with Crippen LogP contribution in [0.25, 0.3) is 0 Å². The average Bonchev–Trinajstić information content (AvgIpc) is 2.21. The van der Waals surface area contributed by atoms with Gasteiger partial charge in [-0.05, 0) is 19.3 Å². The number of amides is 1. The number of carboxylic acids is 1. The van der Waals surface area contributed by atoms with Crippen molar-refractivity contribution in [1.82, 2.24) is 5.32 Å². The second kappa shape index (κ2) is 7.87. The van der Waals surface area contributed by atoms with Gasteiger partial charge in [-0.1, -0.05) is 13.0 Å². The number of nitrogens with one attached hydrogen (secondary N) is 1. The van der Waals surface area contributed by atoms with E-state index in [0.29, 0.717) is 19.3 Å². The van der Waals surface area contributed by atoms with Crippen molar-refractivity contribution in [2.45, 2.75) is 44.7 Å². The molecule has 0 bridgehead atoms. The van der Waals surface area contributed by atoms with Crippen molar-refractivity contribution in [3.63, 3.8) is 0 Å². The normalized spacial score (nSPS) is 14.1. The second-order valence-electron chi connectivity index (χ2n) is 3.68. The molecule has 1 amide bonds. The highest BCUT2D eigenvalue weighted by Crippen LogP contribution is 2.05. The number of primary amides is 1. The predicted octanol–water partition coefficient (Wildman–Crippen LogP) is 0.649. The van der Waals surface area contributed by atoms with E-state index in [1.54, 1.807) is 6.08 Å². The summed E-state index contributed by atoms with van der Waals surface area (Å²) in [7, 11) is 0. The first kappa shape index (κ1) is 14.6. The summed E-state index contributed by atoms with van der Waals surface area (Å²) in [4.78, 5) is 21.5. The molecule has 0 radical (unpaired) electrons. The summed E-state index contributed by atoms with van der Waals surface area (Å²) in [5, 5.41) is 11.6. The van der Waals surface area contributed by atoms with Gasteiger partial charge in [0.05, 0.1) is 6.04 Å². The lowest BCUT2D eigenvalue weighted by Crippen LogP contribution is -2.46. The van der Waals surface area contributed by atoms with Crippen LogP contribution >= 0.6 is 0 Å². The quantitative estimate of drug-likeness (QED) is 0.505. The molecule has 5 heteroatoms. The van der Waals surface area contributed by atoms with Crippen molar-refractivity contribution < 1.29 is 14.7 Å². The Kier molecular flexibility index (Phi) is 7.20. The van der Waals surface area contributed by atoms with Crippen LogP contribution in [0.3, 0.4) is 0 Å². The van der Waals surface area contributed by atoms with Gasteiger partial charge in [-0.2, -0.15) is 0 Å². The molecule has 0 saturated heterocycles. The van der Waals surface area contributed by atoms with Crippen molar-refractivity contribution in [2.75, 3.05) is 0 Å². The zero-order valence-electron chi connectivity index (χ0n) is 9.61. The maximum Gasteiger partial charge on any atom is 0.303 e. The molecule has 2 atom stereocenters. The highest BCUT2D eigenvalue weighted by molar-refractivity contribution is 5.79. The summed E-state index contributed by atoms with van der Waals surface area (Å²) < 4.78 is 0. The Morgan fingerprint density at radius 3 is 2.56 bits per heavy atom. The van der Waals surface area contributed by atoms with Gasteiger partial charge < -0.3 is 16.2 Å². The van der Waals surface area contributed by atoms with Crippen LogP contribution in [-0.2, 0) is 9.59 Å². The van der Waals surface area contributed by atoms with Crippen LogP contribution in [-0.4, -0.2) is 29.1 Å². The first-order valence-electron chi connectivity index (χ1n) is 5.39. The number of nitrogens with two attached hydrogens (primary N) is 1. The monoisotopic (exact) mass is 228 g/mol. The van der Waals surface area contributed by atoms with E-state index in [0.717, 1.165) is 0 Å². The molecule has 0 saturated carbocycles. The Hall–Kier alpha value is -1.36. The Morgan fingerprint density at radius 2 is 2.19 bits per heavy atom. The minimum Gasteiger partial charge on any atom is -0.481 e. The van der Waals surface area contributed by atoms with Crippen LogP contribution in [0.5, 0.6) is 0 Å². The first-order valence-corrected chi connectivity index (χ1v) is 5.39. The average molecular weight is 228 g/mol. The Labute approximate surface area is 95.7 Å². The summed E-state index contributed by atoms with van der Waals surface area (Å²) in [6.07, 6.45) is 3.45. The lowest BCUT2D eigenvalue weighted by molar-refractivity contribution is -0.137. The van der Waals surface area contributed by atoms with Gasteiger partial charge in [0.25, 0.3) is 0 Å². The van der Waals surface area contributed by atoms with Gasteiger partial charge in [-0.3, -0.25) is 9.59 Å². The van der Waals surface area contributed by atoms with Crippen LogP contribution < -0.4 is 11.1 Å². The molecule has 0 aromatic rings. The van der Waals surface area contributed by atoms with E-state index in [1.165, 1.54) is 0 Å². The molecule has 0 spiro atoms. The summed E-state index contributed by atoms with van der Waals surface area (Å²) in [6, 6.07) is -0.468. The fourth-order valence-corrected chi connectivity index (χ4v) is 1.45. The molecule has 0 fully saturated rings. The zero-order valence-corrected chi connectivity index (χ0v) is 9.61. The number of hydrogen-bond acceptors (Lipinski definition) is 3. The van der Waals surface area contributed by atoms with Gasteiger partial charge in [-0.25, -0.2) is 0 Å². The molecular formula is C11H20N2O3. The van der Waals surface area contributed by atoms with E-state index >= 15 is 0 Å². The topological polar surface area (TPSA) is 92.4 Å². The number of rotatable bonds is 9. The number of aliphatic carboxylic acids is 1. The van der Waals surface area contributed by atoms with Gasteiger partial charge in [0.1, 0.15) is 0 Å². The largest absolute Gasteiger partial charge is 0.481 e. The lowest BCUT2D eigenvalue weighted by Gasteiger charge is -2.21. The van der Waals surface area contributed by atoms with Crippen molar-refractivity contribution in [3.8, 4) is 0 Å². The Morgan fingerprint density at radius 1 is 1.56 bits per heavy atom. The molecule has 0 heterocycles. The molecule has 0 aliphatic rings. The highest BCUT2D eigenvalue weighted by atomic mass is 16.4. The van der Waals surface area contributed by atoms with Crippen LogP contribution in [0.4, 0.5) is 0 Å². The summed E-state index contributed by atoms with van der Waals surface area (Å²) in [6.45, 7) is 5.45. The third-order valence-corrected chi connectivity index (χ3v) is 2.35. The van der Waals surface area contributed by atoms with Crippen LogP contribution in [0, 0.1) is 0 Å². The molecule has 0 aliphatic carbocycles. The molecule has 0 aliphatic heterocycles. The Bertz CT molecular complexity index is 254. The first-order chi connectivity index (χ1) is 7.51. The van der Waals surface area contributed by atoms with E-state index in [4.69, 9.17) is 10.8 Å². The van der Waals surface area contributed by atoms with E-state index in [9.17, 15) is 9.59 Å². The summed E-state index contributed by atoms with van der Waals surface area (Å²) in [5.74, 6) is -1.25.